The Morgan fingerprint density at radius 1 is 1.43 bits per heavy atom. The number of hydrogen-bond acceptors (Lipinski definition) is 2. The van der Waals surface area contributed by atoms with Gasteiger partial charge in [-0.15, -0.1) is 0 Å². The molecule has 0 saturated heterocycles. The molecule has 2 rings (SSSR count). The fourth-order valence-corrected chi connectivity index (χ4v) is 1.72. The molecule has 4 heteroatoms. The number of rotatable bonds is 2. The first-order chi connectivity index (χ1) is 6.65. The molecule has 3 N–H and O–H groups in total. The Labute approximate surface area is 87.2 Å². The number of benzene rings is 1. The Kier molecular flexibility index (Phi) is 2.61. The number of anilines is 1. The number of nitrogens with one attached hydrogen (secondary N) is 1. The van der Waals surface area contributed by atoms with Gasteiger partial charge in [-0.3, -0.25) is 0 Å². The maximum Gasteiger partial charge on any atom is 0.143 e. The molecule has 0 amide bonds. The Hall–Kier alpha value is -0.800. The lowest BCUT2D eigenvalue weighted by Crippen LogP contribution is -2.44. The largest absolute Gasteiger partial charge is 0.382 e. The lowest BCUT2D eigenvalue weighted by molar-refractivity contribution is 0.373. The van der Waals surface area contributed by atoms with Gasteiger partial charge in [-0.1, -0.05) is 11.6 Å². The molecule has 1 fully saturated rings. The molecule has 0 aliphatic heterocycles. The molecule has 1 aliphatic carbocycles. The third-order valence-corrected chi connectivity index (χ3v) is 2.77. The Bertz CT molecular complexity index is 337. The van der Waals surface area contributed by atoms with E-state index in [0.717, 1.165) is 18.5 Å². The second-order valence-corrected chi connectivity index (χ2v) is 4.11. The highest BCUT2D eigenvalue weighted by atomic mass is 35.5. The van der Waals surface area contributed by atoms with Crippen molar-refractivity contribution < 1.29 is 4.39 Å². The molecular formula is C10H12ClFN2. The van der Waals surface area contributed by atoms with Crippen molar-refractivity contribution in [1.29, 1.82) is 0 Å². The molecule has 1 aromatic carbocycles. The van der Waals surface area contributed by atoms with Crippen molar-refractivity contribution >= 4 is 17.3 Å². The summed E-state index contributed by atoms with van der Waals surface area (Å²) in [4.78, 5) is 0. The van der Waals surface area contributed by atoms with E-state index in [0.29, 0.717) is 12.1 Å². The minimum Gasteiger partial charge on any atom is -0.382 e. The third-order valence-electron chi connectivity index (χ3n) is 2.46. The lowest BCUT2D eigenvalue weighted by atomic mass is 9.87. The minimum atomic E-state index is -0.389. The van der Waals surface area contributed by atoms with Crippen molar-refractivity contribution in [1.82, 2.24) is 0 Å². The maximum absolute atomic E-state index is 13.0. The van der Waals surface area contributed by atoms with Crippen LogP contribution in [0, 0.1) is 5.82 Å². The fourth-order valence-electron chi connectivity index (χ4n) is 1.60. The van der Waals surface area contributed by atoms with Crippen molar-refractivity contribution in [2.75, 3.05) is 5.32 Å². The van der Waals surface area contributed by atoms with Crippen LogP contribution >= 0.6 is 11.6 Å². The summed E-state index contributed by atoms with van der Waals surface area (Å²) in [5.41, 5.74) is 6.41. The zero-order valence-electron chi connectivity index (χ0n) is 7.63. The molecule has 76 valence electrons. The Morgan fingerprint density at radius 2 is 2.14 bits per heavy atom. The van der Waals surface area contributed by atoms with Crippen LogP contribution in [0.3, 0.4) is 0 Å². The molecule has 0 unspecified atom stereocenters. The average Bonchev–Trinajstić information content (AvgIpc) is 2.09. The normalized spacial score (nSPS) is 25.6. The molecule has 0 aromatic heterocycles. The summed E-state index contributed by atoms with van der Waals surface area (Å²) in [6.07, 6.45) is 1.90. The van der Waals surface area contributed by atoms with Gasteiger partial charge in [0.15, 0.2) is 0 Å². The molecule has 0 radical (unpaired) electrons. The van der Waals surface area contributed by atoms with Crippen molar-refractivity contribution in [3.63, 3.8) is 0 Å². The first-order valence-electron chi connectivity index (χ1n) is 4.62. The molecular weight excluding hydrogens is 203 g/mol. The van der Waals surface area contributed by atoms with Crippen molar-refractivity contribution in [2.45, 2.75) is 24.9 Å². The molecule has 14 heavy (non-hydrogen) atoms. The molecule has 1 saturated carbocycles. The summed E-state index contributed by atoms with van der Waals surface area (Å²) in [5.74, 6) is -0.389. The molecule has 0 heterocycles. The van der Waals surface area contributed by atoms with Crippen LogP contribution in [0.5, 0.6) is 0 Å². The first-order valence-corrected chi connectivity index (χ1v) is 5.00. The van der Waals surface area contributed by atoms with Gasteiger partial charge in [0.05, 0.1) is 5.02 Å². The van der Waals surface area contributed by atoms with Crippen molar-refractivity contribution in [3.8, 4) is 0 Å². The van der Waals surface area contributed by atoms with Gasteiger partial charge < -0.3 is 11.1 Å². The second kappa shape index (κ2) is 3.75. The molecule has 0 bridgehead atoms. The third kappa shape index (κ3) is 1.99. The zero-order chi connectivity index (χ0) is 10.1. The van der Waals surface area contributed by atoms with E-state index >= 15 is 0 Å². The summed E-state index contributed by atoms with van der Waals surface area (Å²) in [6, 6.07) is 5.41. The number of hydrogen-bond donors (Lipinski definition) is 2. The molecule has 0 spiro atoms. The van der Waals surface area contributed by atoms with Gasteiger partial charge >= 0.3 is 0 Å². The van der Waals surface area contributed by atoms with Gasteiger partial charge in [0.25, 0.3) is 0 Å². The van der Waals surface area contributed by atoms with Crippen LogP contribution in [0.1, 0.15) is 12.8 Å². The predicted octanol–water partition coefficient (Wildman–Crippen LogP) is 2.38. The van der Waals surface area contributed by atoms with E-state index in [-0.39, 0.29) is 10.8 Å². The quantitative estimate of drug-likeness (QED) is 0.794. The topological polar surface area (TPSA) is 38.0 Å². The van der Waals surface area contributed by atoms with Crippen LogP contribution in [0.15, 0.2) is 18.2 Å². The first kappa shape index (κ1) is 9.74. The Balaban J connectivity index is 2.00. The highest BCUT2D eigenvalue weighted by Crippen LogP contribution is 2.24. The molecule has 1 aliphatic rings. The van der Waals surface area contributed by atoms with E-state index in [1.807, 2.05) is 0 Å². The van der Waals surface area contributed by atoms with Gasteiger partial charge in [0.1, 0.15) is 5.82 Å². The average molecular weight is 215 g/mol. The fraction of sp³-hybridized carbons (Fsp3) is 0.400. The summed E-state index contributed by atoms with van der Waals surface area (Å²) in [6.45, 7) is 0. The highest BCUT2D eigenvalue weighted by Gasteiger charge is 2.25. The van der Waals surface area contributed by atoms with Gasteiger partial charge in [-0.2, -0.15) is 0 Å². The number of halogens is 2. The predicted molar refractivity (Wildman–Crippen MR) is 56.0 cm³/mol. The van der Waals surface area contributed by atoms with Crippen LogP contribution in [0.2, 0.25) is 5.02 Å². The van der Waals surface area contributed by atoms with E-state index in [4.69, 9.17) is 17.3 Å². The van der Waals surface area contributed by atoms with Gasteiger partial charge in [0, 0.05) is 17.8 Å². The van der Waals surface area contributed by atoms with Crippen LogP contribution in [0.4, 0.5) is 10.1 Å². The van der Waals surface area contributed by atoms with E-state index in [1.165, 1.54) is 6.07 Å². The van der Waals surface area contributed by atoms with Crippen LogP contribution in [-0.2, 0) is 0 Å². The standard InChI is InChI=1S/C10H12ClFN2/c11-9-2-1-7(5-10(9)12)14-8-3-6(13)4-8/h1-2,5-6,8,14H,3-4,13H2. The Morgan fingerprint density at radius 3 is 2.71 bits per heavy atom. The van der Waals surface area contributed by atoms with Gasteiger partial charge in [-0.05, 0) is 31.0 Å². The lowest BCUT2D eigenvalue weighted by Gasteiger charge is -2.33. The van der Waals surface area contributed by atoms with Crippen LogP contribution in [0.25, 0.3) is 0 Å². The maximum atomic E-state index is 13.0. The summed E-state index contributed by atoms with van der Waals surface area (Å²) in [7, 11) is 0. The molecule has 1 aromatic rings. The van der Waals surface area contributed by atoms with Gasteiger partial charge in [0.2, 0.25) is 0 Å². The van der Waals surface area contributed by atoms with Crippen molar-refractivity contribution in [2.24, 2.45) is 5.73 Å². The summed E-state index contributed by atoms with van der Waals surface area (Å²) in [5, 5.41) is 3.35. The molecule has 2 nitrogen and oxygen atoms in total. The second-order valence-electron chi connectivity index (χ2n) is 3.70. The zero-order valence-corrected chi connectivity index (χ0v) is 8.39. The van der Waals surface area contributed by atoms with Gasteiger partial charge in [-0.25, -0.2) is 4.39 Å². The summed E-state index contributed by atoms with van der Waals surface area (Å²) >= 11 is 5.57. The van der Waals surface area contributed by atoms with E-state index in [1.54, 1.807) is 12.1 Å². The SMILES string of the molecule is NC1CC(Nc2ccc(Cl)c(F)c2)C1. The highest BCUT2D eigenvalue weighted by molar-refractivity contribution is 6.30. The van der Waals surface area contributed by atoms with E-state index in [9.17, 15) is 4.39 Å². The van der Waals surface area contributed by atoms with Crippen molar-refractivity contribution in [3.05, 3.63) is 29.0 Å². The number of nitrogens with two attached hydrogens (primary N) is 1. The van der Waals surface area contributed by atoms with E-state index < -0.39 is 0 Å². The van der Waals surface area contributed by atoms with Crippen LogP contribution in [-0.4, -0.2) is 12.1 Å². The minimum absolute atomic E-state index is 0.154. The molecule has 0 atom stereocenters. The smallest absolute Gasteiger partial charge is 0.143 e. The monoisotopic (exact) mass is 214 g/mol. The van der Waals surface area contributed by atoms with E-state index in [2.05, 4.69) is 5.32 Å². The van der Waals surface area contributed by atoms with Crippen LogP contribution < -0.4 is 11.1 Å². The summed E-state index contributed by atoms with van der Waals surface area (Å²) < 4.78 is 13.0.